The summed E-state index contributed by atoms with van der Waals surface area (Å²) in [6, 6.07) is 1.35. The minimum absolute atomic E-state index is 0.0701. The van der Waals surface area contributed by atoms with E-state index in [1.54, 1.807) is 4.98 Å². The van der Waals surface area contributed by atoms with Crippen molar-refractivity contribution in [2.24, 2.45) is 0 Å². The van der Waals surface area contributed by atoms with Gasteiger partial charge in [0.2, 0.25) is 0 Å². The average molecular weight is 310 g/mol. The van der Waals surface area contributed by atoms with Crippen molar-refractivity contribution < 1.29 is 22.8 Å². The molecule has 2 rings (SSSR count). The van der Waals surface area contributed by atoms with Gasteiger partial charge < -0.3 is 4.98 Å². The lowest BCUT2D eigenvalue weighted by molar-refractivity contribution is -0.141. The molecule has 2 amide bonds. The van der Waals surface area contributed by atoms with Gasteiger partial charge in [-0.25, -0.2) is 4.90 Å². The lowest BCUT2D eigenvalue weighted by Gasteiger charge is -2.14. The molecule has 0 saturated carbocycles. The lowest BCUT2D eigenvalue weighted by atomic mass is 10.1. The summed E-state index contributed by atoms with van der Waals surface area (Å²) in [6.07, 6.45) is -2.50. The number of aromatic nitrogens is 1. The van der Waals surface area contributed by atoms with Gasteiger partial charge in [0.25, 0.3) is 17.4 Å². The van der Waals surface area contributed by atoms with Crippen molar-refractivity contribution in [2.45, 2.75) is 6.18 Å². The van der Waals surface area contributed by atoms with Crippen LogP contribution < -0.4 is 10.5 Å². The molecule has 1 N–H and O–H groups in total. The molecule has 0 radical (unpaired) electrons. The SMILES string of the molecule is C=CC1=C(C=C)C(=O)N(c2ccc(C(F)(F)F)[nH]c2=O)C1=O. The van der Waals surface area contributed by atoms with Gasteiger partial charge in [0.05, 0.1) is 11.1 Å². The van der Waals surface area contributed by atoms with Crippen LogP contribution in [0.5, 0.6) is 0 Å². The van der Waals surface area contributed by atoms with Gasteiger partial charge in [-0.1, -0.05) is 25.3 Å². The molecule has 1 aliphatic rings. The summed E-state index contributed by atoms with van der Waals surface area (Å²) in [7, 11) is 0. The van der Waals surface area contributed by atoms with Gasteiger partial charge in [-0.2, -0.15) is 13.2 Å². The van der Waals surface area contributed by atoms with E-state index >= 15 is 0 Å². The topological polar surface area (TPSA) is 70.2 Å². The normalized spacial score (nSPS) is 15.5. The minimum atomic E-state index is -4.74. The highest BCUT2D eigenvalue weighted by molar-refractivity contribution is 6.34. The van der Waals surface area contributed by atoms with E-state index in [0.29, 0.717) is 11.0 Å². The number of nitrogens with one attached hydrogen (secondary N) is 1. The van der Waals surface area contributed by atoms with Gasteiger partial charge in [-0.15, -0.1) is 0 Å². The van der Waals surface area contributed by atoms with Gasteiger partial charge in [0, 0.05) is 0 Å². The smallest absolute Gasteiger partial charge is 0.317 e. The highest BCUT2D eigenvalue weighted by atomic mass is 19.4. The number of imide groups is 1. The van der Waals surface area contributed by atoms with Crippen LogP contribution >= 0.6 is 0 Å². The Morgan fingerprint density at radius 1 is 1.00 bits per heavy atom. The summed E-state index contributed by atoms with van der Waals surface area (Å²) in [4.78, 5) is 38.1. The minimum Gasteiger partial charge on any atom is -0.317 e. The van der Waals surface area contributed by atoms with Crippen LogP contribution in [0.1, 0.15) is 5.69 Å². The number of halogens is 3. The number of aromatic amines is 1. The van der Waals surface area contributed by atoms with Crippen LogP contribution in [0.3, 0.4) is 0 Å². The summed E-state index contributed by atoms with van der Waals surface area (Å²) < 4.78 is 37.5. The Balaban J connectivity index is 2.54. The number of hydrogen-bond acceptors (Lipinski definition) is 3. The lowest BCUT2D eigenvalue weighted by Crippen LogP contribution is -2.36. The third-order valence-electron chi connectivity index (χ3n) is 3.00. The van der Waals surface area contributed by atoms with E-state index < -0.39 is 34.9 Å². The number of anilines is 1. The Hall–Kier alpha value is -2.90. The van der Waals surface area contributed by atoms with Crippen molar-refractivity contribution in [3.63, 3.8) is 0 Å². The zero-order chi connectivity index (χ0) is 16.7. The van der Waals surface area contributed by atoms with E-state index in [4.69, 9.17) is 0 Å². The fraction of sp³-hybridized carbons (Fsp3) is 0.0714. The molecule has 0 unspecified atom stereocenters. The first-order valence-electron chi connectivity index (χ1n) is 5.90. The molecule has 1 aliphatic heterocycles. The zero-order valence-corrected chi connectivity index (χ0v) is 11.0. The molecule has 0 spiro atoms. The molecule has 1 aromatic rings. The predicted octanol–water partition coefficient (Wildman–Crippen LogP) is 1.94. The van der Waals surface area contributed by atoms with Crippen molar-refractivity contribution in [3.05, 3.63) is 64.6 Å². The third kappa shape index (κ3) is 2.28. The van der Waals surface area contributed by atoms with Gasteiger partial charge in [-0.05, 0) is 12.1 Å². The van der Waals surface area contributed by atoms with E-state index in [1.165, 1.54) is 0 Å². The fourth-order valence-corrected chi connectivity index (χ4v) is 1.98. The Labute approximate surface area is 122 Å². The van der Waals surface area contributed by atoms with Crippen molar-refractivity contribution in [1.29, 1.82) is 0 Å². The Bertz CT molecular complexity index is 757. The van der Waals surface area contributed by atoms with Crippen LogP contribution in [-0.4, -0.2) is 16.8 Å². The zero-order valence-electron chi connectivity index (χ0n) is 11.0. The molecular weight excluding hydrogens is 301 g/mol. The molecule has 22 heavy (non-hydrogen) atoms. The maximum atomic E-state index is 12.5. The second-order valence-corrected chi connectivity index (χ2v) is 4.27. The number of pyridine rings is 1. The molecular formula is C14H9F3N2O3. The molecule has 1 aromatic heterocycles. The maximum Gasteiger partial charge on any atom is 0.431 e. The number of hydrogen-bond donors (Lipinski definition) is 1. The average Bonchev–Trinajstić information content (AvgIpc) is 2.68. The highest BCUT2D eigenvalue weighted by Crippen LogP contribution is 2.29. The molecule has 114 valence electrons. The molecule has 5 nitrogen and oxygen atoms in total. The first-order chi connectivity index (χ1) is 10.2. The standard InChI is InChI=1S/C14H9F3N2O3/c1-3-7-8(4-2)13(22)19(12(7)21)9-5-6-10(14(15,16)17)18-11(9)20/h3-6H,1-2H2,(H,18,20). The Morgan fingerprint density at radius 3 is 1.86 bits per heavy atom. The molecule has 0 fully saturated rings. The number of amides is 2. The van der Waals surface area contributed by atoms with Crippen LogP contribution in [-0.2, 0) is 15.8 Å². The van der Waals surface area contributed by atoms with Gasteiger partial charge in [-0.3, -0.25) is 14.4 Å². The van der Waals surface area contributed by atoms with E-state index in [9.17, 15) is 27.6 Å². The van der Waals surface area contributed by atoms with Gasteiger partial charge >= 0.3 is 6.18 Å². The van der Waals surface area contributed by atoms with E-state index in [-0.39, 0.29) is 11.1 Å². The van der Waals surface area contributed by atoms with Crippen molar-refractivity contribution in [3.8, 4) is 0 Å². The molecule has 0 aromatic carbocycles. The summed E-state index contributed by atoms with van der Waals surface area (Å²) in [6.45, 7) is 6.77. The van der Waals surface area contributed by atoms with Crippen LogP contribution in [0.4, 0.5) is 18.9 Å². The number of carbonyl (C=O) groups is 2. The van der Waals surface area contributed by atoms with E-state index in [1.807, 2.05) is 0 Å². The quantitative estimate of drug-likeness (QED) is 0.867. The molecule has 0 bridgehead atoms. The van der Waals surface area contributed by atoms with Crippen LogP contribution in [0.15, 0.2) is 53.4 Å². The van der Waals surface area contributed by atoms with Crippen LogP contribution in [0.25, 0.3) is 0 Å². The van der Waals surface area contributed by atoms with E-state index in [2.05, 4.69) is 13.2 Å². The van der Waals surface area contributed by atoms with Crippen molar-refractivity contribution in [1.82, 2.24) is 4.98 Å². The molecule has 8 heteroatoms. The molecule has 0 atom stereocenters. The summed E-state index contributed by atoms with van der Waals surface area (Å²) in [5, 5.41) is 0. The van der Waals surface area contributed by atoms with Crippen molar-refractivity contribution in [2.75, 3.05) is 4.90 Å². The molecule has 0 saturated heterocycles. The van der Waals surface area contributed by atoms with Crippen LogP contribution in [0.2, 0.25) is 0 Å². The van der Waals surface area contributed by atoms with Crippen molar-refractivity contribution >= 4 is 17.5 Å². The fourth-order valence-electron chi connectivity index (χ4n) is 1.98. The summed E-state index contributed by atoms with van der Waals surface area (Å²) in [5.41, 5.74) is -3.12. The molecule has 2 heterocycles. The number of nitrogens with zero attached hydrogens (tertiary/aromatic N) is 1. The first-order valence-corrected chi connectivity index (χ1v) is 5.90. The molecule has 0 aliphatic carbocycles. The Kier molecular flexibility index (Phi) is 3.62. The maximum absolute atomic E-state index is 12.5. The van der Waals surface area contributed by atoms with Crippen LogP contribution in [0, 0.1) is 0 Å². The second kappa shape index (κ2) is 5.14. The number of rotatable bonds is 3. The number of H-pyrrole nitrogens is 1. The first kappa shape index (κ1) is 15.5. The van der Waals surface area contributed by atoms with Gasteiger partial charge in [0.1, 0.15) is 11.4 Å². The largest absolute Gasteiger partial charge is 0.431 e. The van der Waals surface area contributed by atoms with E-state index in [0.717, 1.165) is 18.2 Å². The monoisotopic (exact) mass is 310 g/mol. The third-order valence-corrected chi connectivity index (χ3v) is 3.00. The highest BCUT2D eigenvalue weighted by Gasteiger charge is 2.39. The number of alkyl halides is 3. The predicted molar refractivity (Wildman–Crippen MR) is 72.0 cm³/mol. The summed E-state index contributed by atoms with van der Waals surface area (Å²) in [5.74, 6) is -1.69. The number of carbonyl (C=O) groups excluding carboxylic acids is 2. The second-order valence-electron chi connectivity index (χ2n) is 4.27. The summed E-state index contributed by atoms with van der Waals surface area (Å²) >= 11 is 0. The van der Waals surface area contributed by atoms with Gasteiger partial charge in [0.15, 0.2) is 0 Å². The Morgan fingerprint density at radius 2 is 1.50 bits per heavy atom.